The van der Waals surface area contributed by atoms with Crippen molar-refractivity contribution in [2.75, 3.05) is 18.1 Å². The molecule has 0 spiro atoms. The molecule has 1 aromatic carbocycles. The molecule has 0 N–H and O–H groups in total. The molecule has 6 heteroatoms. The largest absolute Gasteiger partial charge is 0.293 e. The molecule has 2 aromatic rings. The standard InChI is InChI=1S/C20H27N3O2S/c1-2-12-22(17-11-13-26(24,25)15-17)14-19-18-9-6-10-20(18)23(21-19)16-7-4-3-5-8-16/h3-5,7-8,17H,2,6,9-15H2,1H3. The molecular weight excluding hydrogens is 346 g/mol. The van der Waals surface area contributed by atoms with Crippen LogP contribution in [-0.2, 0) is 29.2 Å². The van der Waals surface area contributed by atoms with Gasteiger partial charge in [-0.1, -0.05) is 25.1 Å². The molecule has 2 heterocycles. The number of para-hydroxylation sites is 1. The fourth-order valence-corrected chi connectivity index (χ4v) is 6.12. The first-order valence-corrected chi connectivity index (χ1v) is 11.5. The number of nitrogens with zero attached hydrogens (tertiary/aromatic N) is 3. The average molecular weight is 374 g/mol. The predicted molar refractivity (Wildman–Crippen MR) is 103 cm³/mol. The highest BCUT2D eigenvalue weighted by Gasteiger charge is 2.33. The van der Waals surface area contributed by atoms with E-state index in [-0.39, 0.29) is 6.04 Å². The van der Waals surface area contributed by atoms with E-state index in [1.54, 1.807) is 0 Å². The van der Waals surface area contributed by atoms with Gasteiger partial charge in [-0.25, -0.2) is 13.1 Å². The van der Waals surface area contributed by atoms with Crippen molar-refractivity contribution in [2.45, 2.75) is 51.6 Å². The molecule has 0 saturated carbocycles. The van der Waals surface area contributed by atoms with Crippen molar-refractivity contribution in [1.82, 2.24) is 14.7 Å². The molecule has 1 aromatic heterocycles. The van der Waals surface area contributed by atoms with Crippen LogP contribution in [0.25, 0.3) is 5.69 Å². The van der Waals surface area contributed by atoms with Crippen LogP contribution in [-0.4, -0.2) is 47.2 Å². The van der Waals surface area contributed by atoms with E-state index in [0.29, 0.717) is 11.5 Å². The molecule has 26 heavy (non-hydrogen) atoms. The van der Waals surface area contributed by atoms with Crippen molar-refractivity contribution >= 4 is 9.84 Å². The van der Waals surface area contributed by atoms with Crippen LogP contribution in [0.3, 0.4) is 0 Å². The number of hydrogen-bond donors (Lipinski definition) is 0. The Balaban J connectivity index is 1.63. The minimum atomic E-state index is -2.87. The number of hydrogen-bond acceptors (Lipinski definition) is 4. The second kappa shape index (κ2) is 7.16. The Kier molecular flexibility index (Phi) is 4.88. The average Bonchev–Trinajstić information content (AvgIpc) is 3.31. The quantitative estimate of drug-likeness (QED) is 0.781. The summed E-state index contributed by atoms with van der Waals surface area (Å²) in [5.74, 6) is 0.628. The highest BCUT2D eigenvalue weighted by atomic mass is 32.2. The Morgan fingerprint density at radius 3 is 2.73 bits per heavy atom. The maximum atomic E-state index is 11.9. The molecule has 1 saturated heterocycles. The van der Waals surface area contributed by atoms with Crippen molar-refractivity contribution in [3.8, 4) is 5.69 Å². The number of aromatic nitrogens is 2. The molecule has 1 fully saturated rings. The lowest BCUT2D eigenvalue weighted by Gasteiger charge is -2.27. The third kappa shape index (κ3) is 3.45. The lowest BCUT2D eigenvalue weighted by molar-refractivity contribution is 0.200. The van der Waals surface area contributed by atoms with Crippen LogP contribution in [0.1, 0.15) is 43.1 Å². The van der Waals surface area contributed by atoms with E-state index >= 15 is 0 Å². The summed E-state index contributed by atoms with van der Waals surface area (Å²) in [7, 11) is -2.87. The van der Waals surface area contributed by atoms with Gasteiger partial charge in [0.2, 0.25) is 0 Å². The van der Waals surface area contributed by atoms with E-state index in [9.17, 15) is 8.42 Å². The molecular formula is C20H27N3O2S. The summed E-state index contributed by atoms with van der Waals surface area (Å²) in [4.78, 5) is 2.35. The Bertz CT molecular complexity index is 874. The number of rotatable bonds is 6. The maximum absolute atomic E-state index is 11.9. The van der Waals surface area contributed by atoms with Gasteiger partial charge in [-0.3, -0.25) is 4.90 Å². The summed E-state index contributed by atoms with van der Waals surface area (Å²) in [6.07, 6.45) is 5.11. The van der Waals surface area contributed by atoms with Gasteiger partial charge in [-0.2, -0.15) is 5.10 Å². The Hall–Kier alpha value is -1.66. The minimum absolute atomic E-state index is 0.138. The molecule has 1 unspecified atom stereocenters. The van der Waals surface area contributed by atoms with Crippen molar-refractivity contribution in [1.29, 1.82) is 0 Å². The number of fused-ring (bicyclic) bond motifs is 1. The summed E-state index contributed by atoms with van der Waals surface area (Å²) in [6, 6.07) is 10.5. The van der Waals surface area contributed by atoms with E-state index < -0.39 is 9.84 Å². The molecule has 1 aliphatic carbocycles. The molecule has 140 valence electrons. The van der Waals surface area contributed by atoms with Crippen LogP contribution in [0.2, 0.25) is 0 Å². The third-order valence-electron chi connectivity index (χ3n) is 5.60. The van der Waals surface area contributed by atoms with Gasteiger partial charge in [0.15, 0.2) is 9.84 Å². The molecule has 5 nitrogen and oxygen atoms in total. The van der Waals surface area contributed by atoms with Gasteiger partial charge >= 0.3 is 0 Å². The van der Waals surface area contributed by atoms with Crippen LogP contribution in [0.15, 0.2) is 30.3 Å². The monoisotopic (exact) mass is 373 g/mol. The molecule has 0 amide bonds. The summed E-state index contributed by atoms with van der Waals surface area (Å²) in [6.45, 7) is 3.84. The molecule has 4 rings (SSSR count). The fraction of sp³-hybridized carbons (Fsp3) is 0.550. The number of benzene rings is 1. The highest BCUT2D eigenvalue weighted by Crippen LogP contribution is 2.29. The summed E-state index contributed by atoms with van der Waals surface area (Å²) >= 11 is 0. The Morgan fingerprint density at radius 1 is 1.23 bits per heavy atom. The van der Waals surface area contributed by atoms with Gasteiger partial charge in [0.25, 0.3) is 0 Å². The number of sulfone groups is 1. The normalized spacial score (nSPS) is 21.4. The van der Waals surface area contributed by atoms with Crippen LogP contribution in [0, 0.1) is 0 Å². The van der Waals surface area contributed by atoms with Crippen molar-refractivity contribution in [3.05, 3.63) is 47.3 Å². The van der Waals surface area contributed by atoms with Crippen LogP contribution >= 0.6 is 0 Å². The van der Waals surface area contributed by atoms with Crippen molar-refractivity contribution < 1.29 is 8.42 Å². The molecule has 0 radical (unpaired) electrons. The highest BCUT2D eigenvalue weighted by molar-refractivity contribution is 7.91. The zero-order valence-corrected chi connectivity index (χ0v) is 16.2. The van der Waals surface area contributed by atoms with Crippen molar-refractivity contribution in [3.63, 3.8) is 0 Å². The summed E-state index contributed by atoms with van der Waals surface area (Å²) in [5, 5.41) is 4.96. The zero-order valence-electron chi connectivity index (χ0n) is 15.4. The summed E-state index contributed by atoms with van der Waals surface area (Å²) in [5.41, 5.74) is 4.97. The van der Waals surface area contributed by atoms with Crippen LogP contribution in [0.4, 0.5) is 0 Å². The maximum Gasteiger partial charge on any atom is 0.151 e. The second-order valence-corrected chi connectivity index (χ2v) is 9.73. The second-order valence-electron chi connectivity index (χ2n) is 7.50. The Labute approximate surface area is 155 Å². The van der Waals surface area contributed by atoms with Gasteiger partial charge in [-0.05, 0) is 56.3 Å². The van der Waals surface area contributed by atoms with E-state index in [0.717, 1.165) is 50.2 Å². The third-order valence-corrected chi connectivity index (χ3v) is 7.35. The van der Waals surface area contributed by atoms with E-state index in [1.165, 1.54) is 17.7 Å². The molecule has 2 aliphatic rings. The van der Waals surface area contributed by atoms with E-state index in [4.69, 9.17) is 5.10 Å². The van der Waals surface area contributed by atoms with Gasteiger partial charge in [0, 0.05) is 18.3 Å². The predicted octanol–water partition coefficient (Wildman–Crippen LogP) is 2.76. The van der Waals surface area contributed by atoms with Gasteiger partial charge in [0.1, 0.15) is 0 Å². The lowest BCUT2D eigenvalue weighted by atomic mass is 10.1. The zero-order chi connectivity index (χ0) is 18.1. The first-order valence-electron chi connectivity index (χ1n) is 9.67. The minimum Gasteiger partial charge on any atom is -0.293 e. The first-order chi connectivity index (χ1) is 12.6. The van der Waals surface area contributed by atoms with E-state index in [2.05, 4.69) is 28.6 Å². The van der Waals surface area contributed by atoms with Gasteiger partial charge < -0.3 is 0 Å². The molecule has 1 atom stereocenters. The molecule has 1 aliphatic heterocycles. The van der Waals surface area contributed by atoms with Crippen LogP contribution < -0.4 is 0 Å². The fourth-order valence-electron chi connectivity index (χ4n) is 4.36. The van der Waals surface area contributed by atoms with E-state index in [1.807, 2.05) is 18.2 Å². The topological polar surface area (TPSA) is 55.2 Å². The first kappa shape index (κ1) is 17.7. The smallest absolute Gasteiger partial charge is 0.151 e. The van der Waals surface area contributed by atoms with Gasteiger partial charge in [-0.15, -0.1) is 0 Å². The molecule has 0 bridgehead atoms. The van der Waals surface area contributed by atoms with Crippen molar-refractivity contribution in [2.24, 2.45) is 0 Å². The lowest BCUT2D eigenvalue weighted by Crippen LogP contribution is -2.36. The Morgan fingerprint density at radius 2 is 2.04 bits per heavy atom. The SMILES string of the molecule is CCCN(Cc1nn(-c2ccccc2)c2c1CCC2)C1CCS(=O)(=O)C1. The van der Waals surface area contributed by atoms with Gasteiger partial charge in [0.05, 0.1) is 22.9 Å². The van der Waals surface area contributed by atoms with Crippen LogP contribution in [0.5, 0.6) is 0 Å². The summed E-state index contributed by atoms with van der Waals surface area (Å²) < 4.78 is 26.0.